The average molecular weight is 275 g/mol. The Kier molecular flexibility index (Phi) is 4.36. The van der Waals surface area contributed by atoms with Crippen LogP contribution in [0.4, 0.5) is 5.69 Å². The molecule has 0 radical (unpaired) electrons. The molecule has 0 saturated carbocycles. The van der Waals surface area contributed by atoms with Crippen LogP contribution in [0.3, 0.4) is 0 Å². The quantitative estimate of drug-likeness (QED) is 0.780. The number of carbonyl (C=O) groups is 1. The molecule has 1 aliphatic heterocycles. The van der Waals surface area contributed by atoms with Gasteiger partial charge in [0, 0.05) is 13.1 Å². The molecule has 1 heterocycles. The van der Waals surface area contributed by atoms with E-state index < -0.39 is 0 Å². The molecule has 1 aliphatic rings. The van der Waals surface area contributed by atoms with E-state index in [4.69, 9.17) is 4.74 Å². The lowest BCUT2D eigenvalue weighted by atomic mass is 9.78. The lowest BCUT2D eigenvalue weighted by Gasteiger charge is -2.40. The number of nitrogens with zero attached hydrogens (tertiary/aromatic N) is 1. The fourth-order valence-corrected chi connectivity index (χ4v) is 2.95. The molecule has 0 amide bonds. The maximum absolute atomic E-state index is 12.0. The molecule has 1 saturated heterocycles. The van der Waals surface area contributed by atoms with E-state index in [1.54, 1.807) is 14.0 Å². The summed E-state index contributed by atoms with van der Waals surface area (Å²) < 4.78 is 5.35. The zero-order chi connectivity index (χ0) is 14.8. The largest absolute Gasteiger partial charge is 0.496 e. The second-order valence-electron chi connectivity index (χ2n) is 6.06. The van der Waals surface area contributed by atoms with Crippen molar-refractivity contribution in [3.63, 3.8) is 0 Å². The first-order chi connectivity index (χ1) is 9.50. The normalized spacial score (nSPS) is 17.9. The minimum atomic E-state index is 0.0706. The number of carbonyl (C=O) groups excluding carboxylic acids is 1. The number of rotatable bonds is 4. The summed E-state index contributed by atoms with van der Waals surface area (Å²) in [6, 6.07) is 5.86. The number of methoxy groups -OCH3 is 1. The van der Waals surface area contributed by atoms with E-state index in [0.29, 0.717) is 11.2 Å². The van der Waals surface area contributed by atoms with Gasteiger partial charge >= 0.3 is 0 Å². The van der Waals surface area contributed by atoms with Gasteiger partial charge in [-0.05, 0) is 37.3 Å². The van der Waals surface area contributed by atoms with Crippen LogP contribution in [0.15, 0.2) is 18.2 Å². The molecule has 0 N–H and O–H groups in total. The van der Waals surface area contributed by atoms with Gasteiger partial charge in [-0.25, -0.2) is 0 Å². The molecule has 0 aliphatic carbocycles. The van der Waals surface area contributed by atoms with Crippen molar-refractivity contribution in [2.75, 3.05) is 25.1 Å². The smallest absolute Gasteiger partial charge is 0.165 e. The van der Waals surface area contributed by atoms with Gasteiger partial charge in [0.1, 0.15) is 5.75 Å². The van der Waals surface area contributed by atoms with Gasteiger partial charge in [0.05, 0.1) is 18.4 Å². The molecular weight excluding hydrogens is 250 g/mol. The van der Waals surface area contributed by atoms with Gasteiger partial charge in [0.2, 0.25) is 0 Å². The average Bonchev–Trinajstić information content (AvgIpc) is 2.47. The highest BCUT2D eigenvalue weighted by atomic mass is 16.5. The Morgan fingerprint density at radius 2 is 2.00 bits per heavy atom. The van der Waals surface area contributed by atoms with E-state index >= 15 is 0 Å². The minimum absolute atomic E-state index is 0.0706. The van der Waals surface area contributed by atoms with Crippen LogP contribution >= 0.6 is 0 Å². The van der Waals surface area contributed by atoms with Crippen molar-refractivity contribution in [2.45, 2.75) is 40.0 Å². The topological polar surface area (TPSA) is 29.5 Å². The van der Waals surface area contributed by atoms with E-state index in [0.717, 1.165) is 24.3 Å². The SMILES string of the molecule is CCC1(C)CCN(c2cccc(OC)c2C(C)=O)CC1. The fourth-order valence-electron chi connectivity index (χ4n) is 2.95. The van der Waals surface area contributed by atoms with Crippen LogP contribution in [0.1, 0.15) is 50.4 Å². The van der Waals surface area contributed by atoms with Crippen LogP contribution in [0.2, 0.25) is 0 Å². The summed E-state index contributed by atoms with van der Waals surface area (Å²) in [6.07, 6.45) is 3.58. The molecule has 0 spiro atoms. The van der Waals surface area contributed by atoms with Gasteiger partial charge in [-0.1, -0.05) is 26.3 Å². The number of ether oxygens (including phenoxy) is 1. The van der Waals surface area contributed by atoms with E-state index in [1.165, 1.54) is 19.3 Å². The molecule has 0 aromatic heterocycles. The minimum Gasteiger partial charge on any atom is -0.496 e. The van der Waals surface area contributed by atoms with Crippen LogP contribution < -0.4 is 9.64 Å². The van der Waals surface area contributed by atoms with Gasteiger partial charge in [-0.2, -0.15) is 0 Å². The Bertz CT molecular complexity index is 488. The molecular formula is C17H25NO2. The molecule has 1 aromatic carbocycles. The molecule has 0 atom stereocenters. The maximum atomic E-state index is 12.0. The number of hydrogen-bond donors (Lipinski definition) is 0. The zero-order valence-corrected chi connectivity index (χ0v) is 13.0. The van der Waals surface area contributed by atoms with Gasteiger partial charge < -0.3 is 9.64 Å². The van der Waals surface area contributed by atoms with Gasteiger partial charge in [0.25, 0.3) is 0 Å². The monoisotopic (exact) mass is 275 g/mol. The summed E-state index contributed by atoms with van der Waals surface area (Å²) in [5, 5.41) is 0. The molecule has 2 rings (SSSR count). The molecule has 1 fully saturated rings. The Labute approximate surface area is 121 Å². The lowest BCUT2D eigenvalue weighted by Crippen LogP contribution is -2.39. The molecule has 3 heteroatoms. The molecule has 0 unspecified atom stereocenters. The Morgan fingerprint density at radius 1 is 1.35 bits per heavy atom. The fraction of sp³-hybridized carbons (Fsp3) is 0.588. The van der Waals surface area contributed by atoms with Crippen molar-refractivity contribution in [1.82, 2.24) is 0 Å². The second-order valence-corrected chi connectivity index (χ2v) is 6.06. The predicted molar refractivity (Wildman–Crippen MR) is 82.8 cm³/mol. The van der Waals surface area contributed by atoms with Crippen LogP contribution in [0.5, 0.6) is 5.75 Å². The lowest BCUT2D eigenvalue weighted by molar-refractivity contribution is 0.101. The molecule has 20 heavy (non-hydrogen) atoms. The Morgan fingerprint density at radius 3 is 2.50 bits per heavy atom. The number of Topliss-reactive ketones (excluding diaryl/α,β-unsaturated/α-hetero) is 1. The first kappa shape index (κ1) is 14.9. The van der Waals surface area contributed by atoms with Crippen LogP contribution in [-0.2, 0) is 0 Å². The number of piperidine rings is 1. The van der Waals surface area contributed by atoms with Crippen LogP contribution in [0.25, 0.3) is 0 Å². The summed E-state index contributed by atoms with van der Waals surface area (Å²) in [7, 11) is 1.62. The van der Waals surface area contributed by atoms with E-state index in [-0.39, 0.29) is 5.78 Å². The third-order valence-electron chi connectivity index (χ3n) is 4.74. The van der Waals surface area contributed by atoms with Crippen molar-refractivity contribution < 1.29 is 9.53 Å². The number of ketones is 1. The summed E-state index contributed by atoms with van der Waals surface area (Å²) >= 11 is 0. The summed E-state index contributed by atoms with van der Waals surface area (Å²) in [4.78, 5) is 14.3. The first-order valence-electron chi connectivity index (χ1n) is 7.43. The molecule has 0 bridgehead atoms. The Balaban J connectivity index is 2.28. The van der Waals surface area contributed by atoms with Crippen molar-refractivity contribution in [3.05, 3.63) is 23.8 Å². The van der Waals surface area contributed by atoms with Crippen LogP contribution in [-0.4, -0.2) is 26.0 Å². The number of benzene rings is 1. The van der Waals surface area contributed by atoms with Crippen molar-refractivity contribution in [3.8, 4) is 5.75 Å². The third-order valence-corrected chi connectivity index (χ3v) is 4.74. The number of hydrogen-bond acceptors (Lipinski definition) is 3. The summed E-state index contributed by atoms with van der Waals surface area (Å²) in [5.41, 5.74) is 2.19. The van der Waals surface area contributed by atoms with Crippen molar-refractivity contribution >= 4 is 11.5 Å². The summed E-state index contributed by atoms with van der Waals surface area (Å²) in [5.74, 6) is 0.750. The predicted octanol–water partition coefficient (Wildman–Crippen LogP) is 3.91. The standard InChI is InChI=1S/C17H25NO2/c1-5-17(3)9-11-18(12-10-17)14-7-6-8-15(20-4)16(14)13(2)19/h6-8H,5,9-12H2,1-4H3. The molecule has 1 aromatic rings. The van der Waals surface area contributed by atoms with Gasteiger partial charge in [-0.3, -0.25) is 4.79 Å². The second kappa shape index (κ2) is 5.86. The zero-order valence-electron chi connectivity index (χ0n) is 13.0. The molecule has 110 valence electrons. The third kappa shape index (κ3) is 2.82. The highest BCUT2D eigenvalue weighted by Gasteiger charge is 2.30. The number of anilines is 1. The van der Waals surface area contributed by atoms with Crippen molar-refractivity contribution in [1.29, 1.82) is 0 Å². The van der Waals surface area contributed by atoms with Gasteiger partial charge in [0.15, 0.2) is 5.78 Å². The first-order valence-corrected chi connectivity index (χ1v) is 7.43. The Hall–Kier alpha value is -1.51. The van der Waals surface area contributed by atoms with E-state index in [9.17, 15) is 4.79 Å². The highest BCUT2D eigenvalue weighted by Crippen LogP contribution is 2.38. The van der Waals surface area contributed by atoms with E-state index in [1.807, 2.05) is 18.2 Å². The van der Waals surface area contributed by atoms with Gasteiger partial charge in [-0.15, -0.1) is 0 Å². The molecule has 3 nitrogen and oxygen atoms in total. The van der Waals surface area contributed by atoms with Crippen LogP contribution in [0, 0.1) is 5.41 Å². The summed E-state index contributed by atoms with van der Waals surface area (Å²) in [6.45, 7) is 8.26. The highest BCUT2D eigenvalue weighted by molar-refractivity contribution is 6.02. The van der Waals surface area contributed by atoms with Crippen molar-refractivity contribution in [2.24, 2.45) is 5.41 Å². The van der Waals surface area contributed by atoms with E-state index in [2.05, 4.69) is 18.7 Å². The maximum Gasteiger partial charge on any atom is 0.165 e.